The molecule has 2 aromatic rings. The van der Waals surface area contributed by atoms with Crippen LogP contribution in [-0.4, -0.2) is 19.5 Å². The zero-order chi connectivity index (χ0) is 11.3. The Morgan fingerprint density at radius 1 is 1.44 bits per heavy atom. The van der Waals surface area contributed by atoms with Gasteiger partial charge in [0.15, 0.2) is 0 Å². The van der Waals surface area contributed by atoms with Gasteiger partial charge in [-0.25, -0.2) is 5.10 Å². The number of fused-ring (bicyclic) bond motifs is 3. The zero-order valence-electron chi connectivity index (χ0n) is 9.02. The number of thioether (sulfide) groups is 1. The highest BCUT2D eigenvalue weighted by atomic mass is 32.2. The first-order chi connectivity index (χ1) is 7.57. The number of rotatable bonds is 0. The highest BCUT2D eigenvalue weighted by Gasteiger charge is 2.24. The highest BCUT2D eigenvalue weighted by molar-refractivity contribution is 8.01. The second-order valence-corrected chi connectivity index (χ2v) is 6.03. The molecule has 0 bridgehead atoms. The first kappa shape index (κ1) is 9.72. The van der Waals surface area contributed by atoms with E-state index in [0.29, 0.717) is 5.39 Å². The monoisotopic (exact) mass is 233 g/mol. The fraction of sp³-hybridized carbons (Fsp3) is 0.273. The lowest BCUT2D eigenvalue weighted by Gasteiger charge is -2.24. The van der Waals surface area contributed by atoms with Crippen LogP contribution in [0.5, 0.6) is 0 Å². The molecule has 1 aliphatic heterocycles. The molecule has 2 aromatic heterocycles. The molecule has 3 heterocycles. The van der Waals surface area contributed by atoms with Gasteiger partial charge in [0.25, 0.3) is 5.56 Å². The average molecular weight is 233 g/mol. The maximum absolute atomic E-state index is 11.6. The summed E-state index contributed by atoms with van der Waals surface area (Å²) in [4.78, 5) is 11.6. The van der Waals surface area contributed by atoms with E-state index in [1.165, 1.54) is 0 Å². The van der Waals surface area contributed by atoms with Gasteiger partial charge in [-0.05, 0) is 13.8 Å². The molecule has 0 fully saturated rings. The Balaban J connectivity index is 2.36. The van der Waals surface area contributed by atoms with Crippen molar-refractivity contribution in [3.8, 4) is 0 Å². The predicted molar refractivity (Wildman–Crippen MR) is 65.6 cm³/mol. The van der Waals surface area contributed by atoms with Crippen molar-refractivity contribution < 1.29 is 0 Å². The maximum atomic E-state index is 11.6. The number of nitrogens with zero attached hydrogens (tertiary/aromatic N) is 2. The van der Waals surface area contributed by atoms with E-state index in [1.54, 1.807) is 18.0 Å². The fourth-order valence-corrected chi connectivity index (χ4v) is 2.92. The topological polar surface area (TPSA) is 50.7 Å². The molecule has 16 heavy (non-hydrogen) atoms. The van der Waals surface area contributed by atoms with Crippen LogP contribution in [0.1, 0.15) is 13.8 Å². The molecule has 0 saturated carbocycles. The van der Waals surface area contributed by atoms with Crippen LogP contribution in [-0.2, 0) is 0 Å². The summed E-state index contributed by atoms with van der Waals surface area (Å²) in [7, 11) is 0. The summed E-state index contributed by atoms with van der Waals surface area (Å²) < 4.78 is 2.04. The molecule has 0 aliphatic carbocycles. The van der Waals surface area contributed by atoms with Crippen molar-refractivity contribution in [2.75, 3.05) is 0 Å². The molecule has 4 nitrogen and oxygen atoms in total. The van der Waals surface area contributed by atoms with Crippen molar-refractivity contribution in [2.24, 2.45) is 0 Å². The summed E-state index contributed by atoms with van der Waals surface area (Å²) >= 11 is 1.74. The molecule has 82 valence electrons. The van der Waals surface area contributed by atoms with E-state index >= 15 is 0 Å². The van der Waals surface area contributed by atoms with Crippen LogP contribution in [0.3, 0.4) is 0 Å². The van der Waals surface area contributed by atoms with Gasteiger partial charge in [0, 0.05) is 22.5 Å². The van der Waals surface area contributed by atoms with Crippen LogP contribution in [0.25, 0.3) is 17.0 Å². The molecule has 0 saturated heterocycles. The standard InChI is InChI=1S/C11H11N3OS/c1-11(2)3-4-14-6-8-7(10(14)16-11)5-12-13-9(8)15/h3-6H,1-2H3,(H,13,15). The van der Waals surface area contributed by atoms with Gasteiger partial charge in [-0.1, -0.05) is 17.8 Å². The molecular weight excluding hydrogens is 222 g/mol. The van der Waals surface area contributed by atoms with Gasteiger partial charge in [-0.15, -0.1) is 0 Å². The van der Waals surface area contributed by atoms with Crippen molar-refractivity contribution in [2.45, 2.75) is 23.6 Å². The summed E-state index contributed by atoms with van der Waals surface area (Å²) in [6.07, 6.45) is 7.70. The summed E-state index contributed by atoms with van der Waals surface area (Å²) in [6, 6.07) is 0. The van der Waals surface area contributed by atoms with Crippen LogP contribution in [0.2, 0.25) is 0 Å². The van der Waals surface area contributed by atoms with E-state index < -0.39 is 0 Å². The number of nitrogens with one attached hydrogen (secondary N) is 1. The number of hydrogen-bond acceptors (Lipinski definition) is 3. The van der Waals surface area contributed by atoms with Crippen molar-refractivity contribution in [3.05, 3.63) is 28.8 Å². The van der Waals surface area contributed by atoms with Gasteiger partial charge in [0.2, 0.25) is 0 Å². The molecule has 0 spiro atoms. The third-order valence-corrected chi connectivity index (χ3v) is 3.91. The van der Waals surface area contributed by atoms with Crippen LogP contribution in [0.15, 0.2) is 28.3 Å². The fourth-order valence-electron chi connectivity index (χ4n) is 1.80. The molecular formula is C11H11N3OS. The summed E-state index contributed by atoms with van der Waals surface area (Å²) in [6.45, 7) is 4.30. The lowest BCUT2D eigenvalue weighted by molar-refractivity contribution is 0.861. The maximum Gasteiger partial charge on any atom is 0.273 e. The molecule has 3 rings (SSSR count). The Morgan fingerprint density at radius 3 is 3.06 bits per heavy atom. The van der Waals surface area contributed by atoms with E-state index in [2.05, 4.69) is 30.1 Å². The molecule has 0 aromatic carbocycles. The second kappa shape index (κ2) is 3.01. The molecule has 5 heteroatoms. The SMILES string of the molecule is CC1(C)C=Cn2cc3c(=O)[nH]ncc3c2S1. The van der Waals surface area contributed by atoms with E-state index in [-0.39, 0.29) is 10.3 Å². The number of H-pyrrole nitrogens is 1. The Bertz CT molecular complexity index is 651. The molecule has 0 amide bonds. The minimum atomic E-state index is -0.133. The molecule has 0 unspecified atom stereocenters. The number of hydrogen-bond donors (Lipinski definition) is 1. The first-order valence-electron chi connectivity index (χ1n) is 5.03. The van der Waals surface area contributed by atoms with Crippen LogP contribution >= 0.6 is 11.8 Å². The minimum absolute atomic E-state index is 0.0594. The smallest absolute Gasteiger partial charge is 0.273 e. The van der Waals surface area contributed by atoms with Gasteiger partial charge in [0.05, 0.1) is 16.6 Å². The van der Waals surface area contributed by atoms with Crippen molar-refractivity contribution in [3.63, 3.8) is 0 Å². The lowest BCUT2D eigenvalue weighted by atomic mass is 10.2. The van der Waals surface area contributed by atoms with Gasteiger partial charge in [-0.2, -0.15) is 5.10 Å². The van der Waals surface area contributed by atoms with E-state index in [0.717, 1.165) is 10.4 Å². The molecule has 0 radical (unpaired) electrons. The molecule has 1 aliphatic rings. The minimum Gasteiger partial charge on any atom is -0.317 e. The van der Waals surface area contributed by atoms with Crippen LogP contribution < -0.4 is 5.56 Å². The third kappa shape index (κ3) is 1.31. The second-order valence-electron chi connectivity index (χ2n) is 4.39. The van der Waals surface area contributed by atoms with Gasteiger partial charge < -0.3 is 4.57 Å². The third-order valence-electron chi connectivity index (χ3n) is 2.62. The van der Waals surface area contributed by atoms with Crippen molar-refractivity contribution in [1.29, 1.82) is 0 Å². The Hall–Kier alpha value is -1.49. The summed E-state index contributed by atoms with van der Waals surface area (Å²) in [5.41, 5.74) is -0.133. The van der Waals surface area contributed by atoms with Crippen LogP contribution in [0.4, 0.5) is 0 Å². The number of aromatic amines is 1. The Morgan fingerprint density at radius 2 is 2.25 bits per heavy atom. The summed E-state index contributed by atoms with van der Waals surface area (Å²) in [5, 5.41) is 9.01. The zero-order valence-corrected chi connectivity index (χ0v) is 9.84. The van der Waals surface area contributed by atoms with Crippen LogP contribution in [0, 0.1) is 0 Å². The van der Waals surface area contributed by atoms with Gasteiger partial charge in [0.1, 0.15) is 0 Å². The molecule has 1 N–H and O–H groups in total. The van der Waals surface area contributed by atoms with Gasteiger partial charge in [-0.3, -0.25) is 4.79 Å². The van der Waals surface area contributed by atoms with Gasteiger partial charge >= 0.3 is 0 Å². The Labute approximate surface area is 96.4 Å². The largest absolute Gasteiger partial charge is 0.317 e. The normalized spacial score (nSPS) is 17.6. The average Bonchev–Trinajstić information content (AvgIpc) is 2.57. The quantitative estimate of drug-likeness (QED) is 0.758. The van der Waals surface area contributed by atoms with E-state index in [4.69, 9.17) is 0 Å². The van der Waals surface area contributed by atoms with E-state index in [1.807, 2.05) is 17.0 Å². The van der Waals surface area contributed by atoms with Crippen molar-refractivity contribution in [1.82, 2.24) is 14.8 Å². The van der Waals surface area contributed by atoms with E-state index in [9.17, 15) is 4.79 Å². The summed E-state index contributed by atoms with van der Waals surface area (Å²) in [5.74, 6) is 0. The predicted octanol–water partition coefficient (Wildman–Crippen LogP) is 2.08. The molecule has 0 atom stereocenters. The highest BCUT2D eigenvalue weighted by Crippen LogP contribution is 2.41. The Kier molecular flexibility index (Phi) is 1.83. The van der Waals surface area contributed by atoms with Crippen molar-refractivity contribution >= 4 is 28.7 Å². The lowest BCUT2D eigenvalue weighted by Crippen LogP contribution is -2.14. The number of aromatic nitrogens is 3. The first-order valence-corrected chi connectivity index (χ1v) is 5.85.